The molecule has 1 fully saturated rings. The Morgan fingerprint density at radius 3 is 2.60 bits per heavy atom. The molecule has 0 radical (unpaired) electrons. The molecule has 3 amide bonds. The quantitative estimate of drug-likeness (QED) is 0.526. The van der Waals surface area contributed by atoms with Crippen LogP contribution in [0, 0.1) is 0 Å². The van der Waals surface area contributed by atoms with E-state index >= 15 is 0 Å². The summed E-state index contributed by atoms with van der Waals surface area (Å²) >= 11 is 0. The Balaban J connectivity index is 2.53. The predicted molar refractivity (Wildman–Crippen MR) is 70.0 cm³/mol. The van der Waals surface area contributed by atoms with Crippen LogP contribution in [0.3, 0.4) is 0 Å². The molecule has 114 valence electrons. The highest BCUT2D eigenvalue weighted by molar-refractivity contribution is 5.83. The van der Waals surface area contributed by atoms with E-state index in [-0.39, 0.29) is 18.9 Å². The Morgan fingerprint density at radius 2 is 2.15 bits per heavy atom. The SMILES string of the molecule is CC1OCCC1(C)NC(=O)N[C@@H](CCC(N)=O)C(=O)O. The van der Waals surface area contributed by atoms with Crippen LogP contribution in [0.4, 0.5) is 4.79 Å². The Labute approximate surface area is 117 Å². The van der Waals surface area contributed by atoms with Gasteiger partial charge in [0.25, 0.3) is 0 Å². The zero-order chi connectivity index (χ0) is 15.3. The van der Waals surface area contributed by atoms with Gasteiger partial charge in [-0.15, -0.1) is 0 Å². The number of carbonyl (C=O) groups is 3. The van der Waals surface area contributed by atoms with Crippen LogP contribution in [0.15, 0.2) is 0 Å². The van der Waals surface area contributed by atoms with Gasteiger partial charge in [-0.1, -0.05) is 0 Å². The summed E-state index contributed by atoms with van der Waals surface area (Å²) in [5.41, 5.74) is 4.44. The van der Waals surface area contributed by atoms with E-state index < -0.39 is 29.5 Å². The molecule has 1 heterocycles. The molecule has 0 aromatic rings. The van der Waals surface area contributed by atoms with Gasteiger partial charge in [0.2, 0.25) is 5.91 Å². The van der Waals surface area contributed by atoms with Crippen LogP contribution in [0.25, 0.3) is 0 Å². The van der Waals surface area contributed by atoms with Gasteiger partial charge >= 0.3 is 12.0 Å². The highest BCUT2D eigenvalue weighted by Crippen LogP contribution is 2.24. The monoisotopic (exact) mass is 287 g/mol. The fourth-order valence-electron chi connectivity index (χ4n) is 2.00. The number of ether oxygens (including phenoxy) is 1. The fourth-order valence-corrected chi connectivity index (χ4v) is 2.00. The highest BCUT2D eigenvalue weighted by Gasteiger charge is 2.38. The molecule has 0 saturated carbocycles. The molecule has 0 aliphatic carbocycles. The van der Waals surface area contributed by atoms with Crippen molar-refractivity contribution in [3.05, 3.63) is 0 Å². The minimum atomic E-state index is -1.21. The van der Waals surface area contributed by atoms with Gasteiger partial charge in [-0.05, 0) is 26.7 Å². The maximum atomic E-state index is 11.9. The van der Waals surface area contributed by atoms with Gasteiger partial charge in [0.1, 0.15) is 6.04 Å². The third-order valence-electron chi connectivity index (χ3n) is 3.57. The first-order valence-corrected chi connectivity index (χ1v) is 6.46. The minimum absolute atomic E-state index is 0.0408. The maximum absolute atomic E-state index is 11.9. The van der Waals surface area contributed by atoms with Crippen LogP contribution < -0.4 is 16.4 Å². The molecule has 0 spiro atoms. The second kappa shape index (κ2) is 6.56. The van der Waals surface area contributed by atoms with Crippen LogP contribution in [0.1, 0.15) is 33.1 Å². The van der Waals surface area contributed by atoms with Crippen molar-refractivity contribution in [1.29, 1.82) is 0 Å². The van der Waals surface area contributed by atoms with Gasteiger partial charge in [0.15, 0.2) is 0 Å². The Hall–Kier alpha value is -1.83. The van der Waals surface area contributed by atoms with E-state index in [4.69, 9.17) is 15.6 Å². The predicted octanol–water partition coefficient (Wildman–Crippen LogP) is -0.428. The molecule has 8 heteroatoms. The smallest absolute Gasteiger partial charge is 0.326 e. The number of nitrogens with two attached hydrogens (primary N) is 1. The van der Waals surface area contributed by atoms with Crippen molar-refractivity contribution in [2.75, 3.05) is 6.61 Å². The Kier molecular flexibility index (Phi) is 5.32. The third-order valence-corrected chi connectivity index (χ3v) is 3.57. The number of aliphatic carboxylic acids is 1. The average molecular weight is 287 g/mol. The number of carboxylic acid groups (broad SMARTS) is 1. The second-order valence-electron chi connectivity index (χ2n) is 5.17. The lowest BCUT2D eigenvalue weighted by Crippen LogP contribution is -2.56. The van der Waals surface area contributed by atoms with Crippen molar-refractivity contribution in [2.24, 2.45) is 5.73 Å². The summed E-state index contributed by atoms with van der Waals surface area (Å²) in [6, 6.07) is -1.74. The van der Waals surface area contributed by atoms with Gasteiger partial charge in [0, 0.05) is 13.0 Å². The van der Waals surface area contributed by atoms with E-state index in [1.165, 1.54) is 0 Å². The first kappa shape index (κ1) is 16.2. The molecule has 2 unspecified atom stereocenters. The van der Waals surface area contributed by atoms with Gasteiger partial charge in [0.05, 0.1) is 11.6 Å². The van der Waals surface area contributed by atoms with Crippen molar-refractivity contribution in [3.8, 4) is 0 Å². The van der Waals surface area contributed by atoms with Crippen LogP contribution in [0.2, 0.25) is 0 Å². The van der Waals surface area contributed by atoms with Crippen LogP contribution in [0.5, 0.6) is 0 Å². The lowest BCUT2D eigenvalue weighted by atomic mass is 9.95. The van der Waals surface area contributed by atoms with Gasteiger partial charge in [-0.3, -0.25) is 4.79 Å². The molecule has 3 atom stereocenters. The Morgan fingerprint density at radius 1 is 1.50 bits per heavy atom. The summed E-state index contributed by atoms with van der Waals surface area (Å²) in [6.45, 7) is 4.22. The molecule has 5 N–H and O–H groups in total. The zero-order valence-corrected chi connectivity index (χ0v) is 11.6. The number of urea groups is 1. The molecular formula is C12H21N3O5. The Bertz CT molecular complexity index is 401. The first-order chi connectivity index (χ1) is 9.24. The van der Waals surface area contributed by atoms with Gasteiger partial charge in [-0.25, -0.2) is 9.59 Å². The topological polar surface area (TPSA) is 131 Å². The minimum Gasteiger partial charge on any atom is -0.480 e. The van der Waals surface area contributed by atoms with E-state index in [1.807, 2.05) is 13.8 Å². The molecule has 1 aliphatic heterocycles. The third kappa shape index (κ3) is 4.37. The molecule has 1 rings (SSSR count). The molecular weight excluding hydrogens is 266 g/mol. The summed E-state index contributed by atoms with van der Waals surface area (Å²) in [5, 5.41) is 14.0. The number of rotatable bonds is 6. The average Bonchev–Trinajstić information content (AvgIpc) is 2.64. The highest BCUT2D eigenvalue weighted by atomic mass is 16.5. The first-order valence-electron chi connectivity index (χ1n) is 6.46. The summed E-state index contributed by atoms with van der Waals surface area (Å²) in [6.07, 6.45) is 0.359. The fraction of sp³-hybridized carbons (Fsp3) is 0.750. The van der Waals surface area contributed by atoms with E-state index in [9.17, 15) is 14.4 Å². The largest absolute Gasteiger partial charge is 0.480 e. The summed E-state index contributed by atoms with van der Waals surface area (Å²) in [4.78, 5) is 33.5. The number of primary amides is 1. The van der Waals surface area contributed by atoms with E-state index in [1.54, 1.807) is 0 Å². The summed E-state index contributed by atoms with van der Waals surface area (Å²) in [5.74, 6) is -1.81. The molecule has 0 aromatic heterocycles. The molecule has 8 nitrogen and oxygen atoms in total. The normalized spacial score (nSPS) is 26.8. The molecule has 0 bridgehead atoms. The second-order valence-corrected chi connectivity index (χ2v) is 5.17. The van der Waals surface area contributed by atoms with Crippen molar-refractivity contribution in [2.45, 2.75) is 50.8 Å². The van der Waals surface area contributed by atoms with Crippen LogP contribution in [-0.2, 0) is 14.3 Å². The molecule has 0 aromatic carbocycles. The lowest BCUT2D eigenvalue weighted by Gasteiger charge is -2.29. The zero-order valence-electron chi connectivity index (χ0n) is 11.6. The van der Waals surface area contributed by atoms with Crippen molar-refractivity contribution in [1.82, 2.24) is 10.6 Å². The number of nitrogens with one attached hydrogen (secondary N) is 2. The van der Waals surface area contributed by atoms with Gasteiger partial charge in [-0.2, -0.15) is 0 Å². The van der Waals surface area contributed by atoms with Crippen LogP contribution >= 0.6 is 0 Å². The number of amides is 3. The van der Waals surface area contributed by atoms with Crippen LogP contribution in [-0.4, -0.2) is 47.3 Å². The number of carbonyl (C=O) groups excluding carboxylic acids is 2. The standard InChI is InChI=1S/C12H21N3O5/c1-7-12(2,5-6-20-7)15-11(19)14-8(10(17)18)3-4-9(13)16/h7-8H,3-6H2,1-2H3,(H2,13,16)(H,17,18)(H2,14,15,19)/t7?,8-,12?/m0/s1. The summed E-state index contributed by atoms with van der Waals surface area (Å²) in [7, 11) is 0. The summed E-state index contributed by atoms with van der Waals surface area (Å²) < 4.78 is 5.38. The number of carboxylic acids is 1. The van der Waals surface area contributed by atoms with Crippen molar-refractivity contribution in [3.63, 3.8) is 0 Å². The molecule has 1 saturated heterocycles. The van der Waals surface area contributed by atoms with Gasteiger partial charge < -0.3 is 26.2 Å². The lowest BCUT2D eigenvalue weighted by molar-refractivity contribution is -0.139. The number of hydrogen-bond acceptors (Lipinski definition) is 4. The maximum Gasteiger partial charge on any atom is 0.326 e. The molecule has 20 heavy (non-hydrogen) atoms. The van der Waals surface area contributed by atoms with E-state index in [0.29, 0.717) is 13.0 Å². The van der Waals surface area contributed by atoms with E-state index in [2.05, 4.69) is 10.6 Å². The van der Waals surface area contributed by atoms with E-state index in [0.717, 1.165) is 0 Å². The van der Waals surface area contributed by atoms with Crippen molar-refractivity contribution < 1.29 is 24.2 Å². The molecule has 1 aliphatic rings. The number of hydrogen-bond donors (Lipinski definition) is 4. The van der Waals surface area contributed by atoms with Crippen molar-refractivity contribution >= 4 is 17.9 Å².